The molecule has 3 aromatic carbocycles. The molecular weight excluding hydrogens is 515 g/mol. The number of aryl methyl sites for hydroxylation is 2. The highest BCUT2D eigenvalue weighted by atomic mass is 127. The number of hydrogen-bond acceptors (Lipinski definition) is 4. The van der Waals surface area contributed by atoms with Crippen LogP contribution in [0.4, 0.5) is 11.4 Å². The van der Waals surface area contributed by atoms with Crippen LogP contribution in [0.15, 0.2) is 54.6 Å². The molecule has 6 heteroatoms. The van der Waals surface area contributed by atoms with E-state index >= 15 is 0 Å². The molecule has 168 valence electrons. The van der Waals surface area contributed by atoms with Crippen molar-refractivity contribution in [2.24, 2.45) is 0 Å². The van der Waals surface area contributed by atoms with Crippen molar-refractivity contribution in [3.05, 3.63) is 80.4 Å². The van der Waals surface area contributed by atoms with Gasteiger partial charge in [0, 0.05) is 17.9 Å². The molecule has 0 saturated carbocycles. The Balaban J connectivity index is 1.69. The van der Waals surface area contributed by atoms with E-state index in [1.165, 1.54) is 11.1 Å². The third kappa shape index (κ3) is 6.38. The Bertz CT molecular complexity index is 1100. The van der Waals surface area contributed by atoms with Gasteiger partial charge in [-0.1, -0.05) is 24.3 Å². The molecule has 0 atom stereocenters. The molecule has 0 fully saturated rings. The Morgan fingerprint density at radius 2 is 1.78 bits per heavy atom. The normalized spacial score (nSPS) is 10.5. The molecule has 0 radical (unpaired) electrons. The van der Waals surface area contributed by atoms with Gasteiger partial charge in [-0.05, 0) is 103 Å². The highest BCUT2D eigenvalue weighted by molar-refractivity contribution is 14.1. The van der Waals surface area contributed by atoms with Gasteiger partial charge in [0.1, 0.15) is 0 Å². The van der Waals surface area contributed by atoms with Crippen LogP contribution in [0.1, 0.15) is 29.2 Å². The first-order valence-corrected chi connectivity index (χ1v) is 11.7. The van der Waals surface area contributed by atoms with Gasteiger partial charge in [0.05, 0.1) is 10.2 Å². The zero-order chi connectivity index (χ0) is 23.1. The Hall–Kier alpha value is -2.74. The number of nitrogens with one attached hydrogen (secondary N) is 2. The van der Waals surface area contributed by atoms with E-state index in [-0.39, 0.29) is 12.5 Å². The fourth-order valence-corrected chi connectivity index (χ4v) is 4.15. The van der Waals surface area contributed by atoms with Crippen molar-refractivity contribution in [1.29, 1.82) is 0 Å². The number of hydrogen-bond donors (Lipinski definition) is 2. The van der Waals surface area contributed by atoms with Gasteiger partial charge in [0.15, 0.2) is 18.1 Å². The monoisotopic (exact) mass is 544 g/mol. The summed E-state index contributed by atoms with van der Waals surface area (Å²) in [6.45, 7) is 9.22. The Morgan fingerprint density at radius 3 is 2.53 bits per heavy atom. The van der Waals surface area contributed by atoms with Crippen molar-refractivity contribution < 1.29 is 14.3 Å². The molecule has 3 aromatic rings. The molecule has 0 aliphatic rings. The lowest BCUT2D eigenvalue weighted by Gasteiger charge is -2.17. The molecule has 5 nitrogen and oxygen atoms in total. The van der Waals surface area contributed by atoms with Crippen molar-refractivity contribution in [3.63, 3.8) is 0 Å². The van der Waals surface area contributed by atoms with Crippen molar-refractivity contribution in [3.8, 4) is 11.5 Å². The smallest absolute Gasteiger partial charge is 0.262 e. The second kappa shape index (κ2) is 11.2. The quantitative estimate of drug-likeness (QED) is 0.313. The third-order valence-electron chi connectivity index (χ3n) is 5.11. The maximum Gasteiger partial charge on any atom is 0.262 e. The van der Waals surface area contributed by atoms with Gasteiger partial charge in [-0.15, -0.1) is 0 Å². The SMILES string of the molecule is CCOc1cc(CNc2cccc(C)c2C)cc(I)c1OCC(=O)Nc1cccc(C)c1. The van der Waals surface area contributed by atoms with E-state index in [0.717, 1.165) is 26.1 Å². The van der Waals surface area contributed by atoms with Crippen LogP contribution in [0.25, 0.3) is 0 Å². The molecule has 0 aliphatic carbocycles. The second-order valence-corrected chi connectivity index (χ2v) is 8.81. The predicted molar refractivity (Wildman–Crippen MR) is 139 cm³/mol. The first-order chi connectivity index (χ1) is 15.4. The predicted octanol–water partition coefficient (Wildman–Crippen LogP) is 6.24. The minimum Gasteiger partial charge on any atom is -0.490 e. The molecule has 0 heterocycles. The van der Waals surface area contributed by atoms with Gasteiger partial charge < -0.3 is 20.1 Å². The average molecular weight is 544 g/mol. The number of amides is 1. The summed E-state index contributed by atoms with van der Waals surface area (Å²) < 4.78 is 12.6. The summed E-state index contributed by atoms with van der Waals surface area (Å²) in [5.74, 6) is 1.01. The maximum atomic E-state index is 12.4. The van der Waals surface area contributed by atoms with E-state index in [1.807, 2.05) is 44.2 Å². The summed E-state index contributed by atoms with van der Waals surface area (Å²) >= 11 is 2.23. The lowest BCUT2D eigenvalue weighted by molar-refractivity contribution is -0.118. The summed E-state index contributed by atoms with van der Waals surface area (Å²) in [7, 11) is 0. The summed E-state index contributed by atoms with van der Waals surface area (Å²) in [4.78, 5) is 12.4. The molecule has 0 unspecified atom stereocenters. The lowest BCUT2D eigenvalue weighted by atomic mass is 10.1. The average Bonchev–Trinajstić information content (AvgIpc) is 2.74. The Labute approximate surface area is 203 Å². The number of carbonyl (C=O) groups is 1. The minimum absolute atomic E-state index is 0.0932. The molecule has 0 saturated heterocycles. The van der Waals surface area contributed by atoms with Gasteiger partial charge in [-0.2, -0.15) is 0 Å². The summed E-state index contributed by atoms with van der Waals surface area (Å²) in [5, 5.41) is 6.37. The lowest BCUT2D eigenvalue weighted by Crippen LogP contribution is -2.20. The van der Waals surface area contributed by atoms with E-state index in [0.29, 0.717) is 24.7 Å². The molecule has 0 spiro atoms. The summed E-state index contributed by atoms with van der Waals surface area (Å²) in [6, 6.07) is 17.9. The van der Waals surface area contributed by atoms with E-state index in [4.69, 9.17) is 9.47 Å². The molecule has 2 N–H and O–H groups in total. The Morgan fingerprint density at radius 1 is 1.00 bits per heavy atom. The van der Waals surface area contributed by atoms with Crippen LogP contribution in [0.3, 0.4) is 0 Å². The van der Waals surface area contributed by atoms with Gasteiger partial charge in [0.2, 0.25) is 0 Å². The van der Waals surface area contributed by atoms with Crippen molar-refractivity contribution in [1.82, 2.24) is 0 Å². The molecule has 0 aromatic heterocycles. The van der Waals surface area contributed by atoms with Crippen LogP contribution < -0.4 is 20.1 Å². The zero-order valence-corrected chi connectivity index (χ0v) is 21.1. The van der Waals surface area contributed by atoms with Gasteiger partial charge in [0.25, 0.3) is 5.91 Å². The van der Waals surface area contributed by atoms with Crippen molar-refractivity contribution in [2.45, 2.75) is 34.2 Å². The number of ether oxygens (including phenoxy) is 2. The maximum absolute atomic E-state index is 12.4. The standard InChI is InChI=1S/C26H29IN2O3/c1-5-31-24-14-20(15-28-23-11-7-9-18(3)19(23)4)13-22(27)26(24)32-16-25(30)29-21-10-6-8-17(2)12-21/h6-14,28H,5,15-16H2,1-4H3,(H,29,30). The third-order valence-corrected chi connectivity index (χ3v) is 5.91. The summed E-state index contributed by atoms with van der Waals surface area (Å²) in [6.07, 6.45) is 0. The van der Waals surface area contributed by atoms with Crippen LogP contribution in [0.5, 0.6) is 11.5 Å². The first-order valence-electron chi connectivity index (χ1n) is 10.6. The minimum atomic E-state index is -0.213. The van der Waals surface area contributed by atoms with Crippen LogP contribution in [0, 0.1) is 24.3 Å². The van der Waals surface area contributed by atoms with Gasteiger partial charge in [-0.3, -0.25) is 4.79 Å². The summed E-state index contributed by atoms with van der Waals surface area (Å²) in [5.41, 5.74) is 6.54. The van der Waals surface area contributed by atoms with Crippen LogP contribution in [-0.2, 0) is 11.3 Å². The highest BCUT2D eigenvalue weighted by Gasteiger charge is 2.15. The Kier molecular flexibility index (Phi) is 8.39. The first kappa shape index (κ1) is 23.9. The van der Waals surface area contributed by atoms with Gasteiger partial charge in [-0.25, -0.2) is 0 Å². The van der Waals surface area contributed by atoms with Crippen LogP contribution >= 0.6 is 22.6 Å². The van der Waals surface area contributed by atoms with E-state index < -0.39 is 0 Å². The topological polar surface area (TPSA) is 59.6 Å². The molecule has 3 rings (SSSR count). The van der Waals surface area contributed by atoms with E-state index in [2.05, 4.69) is 71.3 Å². The van der Waals surface area contributed by atoms with Crippen LogP contribution in [-0.4, -0.2) is 19.1 Å². The molecular formula is C26H29IN2O3. The number of halogens is 1. The molecule has 1 amide bonds. The molecule has 0 aliphatic heterocycles. The van der Waals surface area contributed by atoms with E-state index in [9.17, 15) is 4.79 Å². The van der Waals surface area contributed by atoms with Crippen molar-refractivity contribution >= 4 is 39.9 Å². The van der Waals surface area contributed by atoms with E-state index in [1.54, 1.807) is 0 Å². The molecule has 32 heavy (non-hydrogen) atoms. The fraction of sp³-hybridized carbons (Fsp3) is 0.269. The van der Waals surface area contributed by atoms with Crippen LogP contribution in [0.2, 0.25) is 0 Å². The second-order valence-electron chi connectivity index (χ2n) is 7.65. The van der Waals surface area contributed by atoms with Gasteiger partial charge >= 0.3 is 0 Å². The highest BCUT2D eigenvalue weighted by Crippen LogP contribution is 2.34. The number of carbonyl (C=O) groups excluding carboxylic acids is 1. The van der Waals surface area contributed by atoms with Crippen molar-refractivity contribution in [2.75, 3.05) is 23.8 Å². The fourth-order valence-electron chi connectivity index (χ4n) is 3.32. The largest absolute Gasteiger partial charge is 0.490 e. The number of anilines is 2. The number of benzene rings is 3. The molecule has 0 bridgehead atoms. The zero-order valence-electron chi connectivity index (χ0n) is 18.9. The number of rotatable bonds is 9.